The van der Waals surface area contributed by atoms with Gasteiger partial charge in [-0.25, -0.2) is 0 Å². The van der Waals surface area contributed by atoms with E-state index < -0.39 is 8.07 Å². The lowest BCUT2D eigenvalue weighted by molar-refractivity contribution is 1.01. The van der Waals surface area contributed by atoms with Gasteiger partial charge in [0.1, 0.15) is 0 Å². The molecule has 0 aromatic heterocycles. The Labute approximate surface area is 63.4 Å². The summed E-state index contributed by atoms with van der Waals surface area (Å²) >= 11 is 2.19. The summed E-state index contributed by atoms with van der Waals surface area (Å²) in [6, 6.07) is 1.56. The predicted molar refractivity (Wildman–Crippen MR) is 48.8 cm³/mol. The summed E-state index contributed by atoms with van der Waals surface area (Å²) in [5.74, 6) is 1.41. The molecule has 0 bridgehead atoms. The fourth-order valence-electron chi connectivity index (χ4n) is 1.22. The van der Waals surface area contributed by atoms with Crippen molar-refractivity contribution in [2.24, 2.45) is 0 Å². The molecule has 0 amide bonds. The van der Waals surface area contributed by atoms with Crippen molar-refractivity contribution in [3.05, 3.63) is 0 Å². The van der Waals surface area contributed by atoms with E-state index in [1.165, 1.54) is 12.2 Å². The zero-order valence-electron chi connectivity index (χ0n) is 6.61. The molecule has 0 aromatic rings. The largest absolute Gasteiger partial charge is 0.162 e. The highest BCUT2D eigenvalue weighted by Crippen LogP contribution is 2.32. The van der Waals surface area contributed by atoms with Crippen LogP contribution in [-0.2, 0) is 0 Å². The molecule has 0 saturated carbocycles. The first-order valence-electron chi connectivity index (χ1n) is 3.74. The van der Waals surface area contributed by atoms with Gasteiger partial charge in [-0.05, 0) is 17.0 Å². The maximum Gasteiger partial charge on any atom is 0.0614 e. The average molecular weight is 160 g/mol. The molecule has 1 rings (SSSR count). The van der Waals surface area contributed by atoms with E-state index in [9.17, 15) is 0 Å². The number of hydrogen-bond donors (Lipinski definition) is 0. The van der Waals surface area contributed by atoms with Gasteiger partial charge in [0.25, 0.3) is 0 Å². The lowest BCUT2D eigenvalue weighted by Gasteiger charge is -2.33. The molecule has 0 N–H and O–H groups in total. The molecule has 1 aliphatic rings. The van der Waals surface area contributed by atoms with E-state index in [1.807, 2.05) is 0 Å². The fourth-order valence-corrected chi connectivity index (χ4v) is 6.14. The first kappa shape index (κ1) is 7.67. The maximum absolute atomic E-state index is 2.52. The van der Waals surface area contributed by atoms with Crippen LogP contribution in [0.25, 0.3) is 0 Å². The van der Waals surface area contributed by atoms with Crippen LogP contribution in [0, 0.1) is 0 Å². The molecule has 1 fully saturated rings. The van der Waals surface area contributed by atoms with E-state index >= 15 is 0 Å². The van der Waals surface area contributed by atoms with Gasteiger partial charge >= 0.3 is 0 Å². The van der Waals surface area contributed by atoms with E-state index in [2.05, 4.69) is 31.8 Å². The van der Waals surface area contributed by atoms with Gasteiger partial charge in [-0.15, -0.1) is 0 Å². The van der Waals surface area contributed by atoms with Gasteiger partial charge in [0.15, 0.2) is 0 Å². The van der Waals surface area contributed by atoms with E-state index in [-0.39, 0.29) is 0 Å². The molecule has 0 spiro atoms. The third-order valence-electron chi connectivity index (χ3n) is 2.43. The van der Waals surface area contributed by atoms with E-state index in [1.54, 1.807) is 6.04 Å². The highest BCUT2D eigenvalue weighted by Gasteiger charge is 2.30. The van der Waals surface area contributed by atoms with Gasteiger partial charge in [-0.3, -0.25) is 0 Å². The fraction of sp³-hybridized carbons (Fsp3) is 1.00. The Hall–Kier alpha value is 0.567. The molecule has 1 unspecified atom stereocenters. The van der Waals surface area contributed by atoms with Crippen LogP contribution in [0.2, 0.25) is 19.1 Å². The number of rotatable bonds is 0. The van der Waals surface area contributed by atoms with Crippen molar-refractivity contribution in [2.45, 2.75) is 37.4 Å². The molecule has 1 heterocycles. The topological polar surface area (TPSA) is 0 Å². The van der Waals surface area contributed by atoms with Crippen LogP contribution < -0.4 is 0 Å². The standard InChI is InChI=1S/C7H16SSi/c1-7-8-5-4-6-9(7,2)3/h7H,4-6H2,1-3H3. The van der Waals surface area contributed by atoms with Crippen molar-refractivity contribution in [1.82, 2.24) is 0 Å². The second-order valence-electron chi connectivity index (χ2n) is 3.61. The highest BCUT2D eigenvalue weighted by atomic mass is 32.2. The van der Waals surface area contributed by atoms with Crippen molar-refractivity contribution in [3.8, 4) is 0 Å². The van der Waals surface area contributed by atoms with E-state index in [4.69, 9.17) is 0 Å². The Morgan fingerprint density at radius 3 is 2.44 bits per heavy atom. The summed E-state index contributed by atoms with van der Waals surface area (Å²) in [5.41, 5.74) is 0. The molecule has 0 aromatic carbocycles. The van der Waals surface area contributed by atoms with Crippen LogP contribution in [0.4, 0.5) is 0 Å². The van der Waals surface area contributed by atoms with Gasteiger partial charge in [-0.2, -0.15) is 11.8 Å². The van der Waals surface area contributed by atoms with Crippen LogP contribution in [0.15, 0.2) is 0 Å². The molecule has 1 atom stereocenters. The van der Waals surface area contributed by atoms with E-state index in [0.29, 0.717) is 0 Å². The van der Waals surface area contributed by atoms with Gasteiger partial charge in [0.05, 0.1) is 8.07 Å². The van der Waals surface area contributed by atoms with Gasteiger partial charge in [-0.1, -0.05) is 26.1 Å². The molecule has 0 nitrogen and oxygen atoms in total. The van der Waals surface area contributed by atoms with Crippen molar-refractivity contribution in [2.75, 3.05) is 5.75 Å². The minimum Gasteiger partial charge on any atom is -0.162 e. The average Bonchev–Trinajstić information content (AvgIpc) is 1.77. The summed E-state index contributed by atoms with van der Waals surface area (Å²) in [6.45, 7) is 7.45. The second kappa shape index (κ2) is 2.66. The molecule has 54 valence electrons. The van der Waals surface area contributed by atoms with Gasteiger partial charge < -0.3 is 0 Å². The Balaban J connectivity index is 2.49. The Morgan fingerprint density at radius 2 is 2.11 bits per heavy atom. The molecular formula is C7H16SSi. The molecule has 0 radical (unpaired) electrons. The summed E-state index contributed by atoms with van der Waals surface area (Å²) in [5, 5.41) is 0. The third-order valence-corrected chi connectivity index (χ3v) is 9.72. The Bertz CT molecular complexity index is 101. The van der Waals surface area contributed by atoms with Crippen LogP contribution in [-0.4, -0.2) is 18.7 Å². The Morgan fingerprint density at radius 1 is 1.44 bits per heavy atom. The minimum atomic E-state index is -0.731. The lowest BCUT2D eigenvalue weighted by Crippen LogP contribution is -2.40. The van der Waals surface area contributed by atoms with Gasteiger partial charge in [0.2, 0.25) is 0 Å². The molecule has 1 aliphatic heterocycles. The predicted octanol–water partition coefficient (Wildman–Crippen LogP) is 2.76. The van der Waals surface area contributed by atoms with Crippen LogP contribution in [0.3, 0.4) is 0 Å². The normalized spacial score (nSPS) is 34.3. The number of thioether (sulfide) groups is 1. The third kappa shape index (κ3) is 1.74. The highest BCUT2D eigenvalue weighted by molar-refractivity contribution is 8.01. The van der Waals surface area contributed by atoms with Crippen molar-refractivity contribution in [1.29, 1.82) is 0 Å². The molecular weight excluding hydrogens is 144 g/mol. The zero-order valence-corrected chi connectivity index (χ0v) is 8.42. The van der Waals surface area contributed by atoms with Crippen LogP contribution in [0.5, 0.6) is 0 Å². The van der Waals surface area contributed by atoms with Crippen molar-refractivity contribution < 1.29 is 0 Å². The summed E-state index contributed by atoms with van der Waals surface area (Å²) in [7, 11) is -0.731. The smallest absolute Gasteiger partial charge is 0.0614 e. The first-order chi connectivity index (χ1) is 4.13. The van der Waals surface area contributed by atoms with E-state index in [0.717, 1.165) is 4.87 Å². The zero-order chi connectivity index (χ0) is 6.91. The summed E-state index contributed by atoms with van der Waals surface area (Å²) in [6.07, 6.45) is 1.48. The molecule has 1 saturated heterocycles. The van der Waals surface area contributed by atoms with Crippen molar-refractivity contribution in [3.63, 3.8) is 0 Å². The summed E-state index contributed by atoms with van der Waals surface area (Å²) < 4.78 is 0. The number of hydrogen-bond acceptors (Lipinski definition) is 1. The first-order valence-corrected chi connectivity index (χ1v) is 8.08. The minimum absolute atomic E-state index is 0.731. The Kier molecular flexibility index (Phi) is 2.27. The molecule has 0 aliphatic carbocycles. The van der Waals surface area contributed by atoms with Gasteiger partial charge in [0, 0.05) is 0 Å². The van der Waals surface area contributed by atoms with Crippen LogP contribution in [0.1, 0.15) is 13.3 Å². The molecule has 9 heavy (non-hydrogen) atoms. The van der Waals surface area contributed by atoms with Crippen molar-refractivity contribution >= 4 is 19.8 Å². The quantitative estimate of drug-likeness (QED) is 0.491. The monoisotopic (exact) mass is 160 g/mol. The lowest BCUT2D eigenvalue weighted by atomic mass is 10.6. The van der Waals surface area contributed by atoms with Crippen LogP contribution >= 0.6 is 11.8 Å². The SMILES string of the molecule is CC1SCCC[Si]1(C)C. The molecule has 2 heteroatoms. The second-order valence-corrected chi connectivity index (χ2v) is 10.8. The maximum atomic E-state index is 2.52. The summed E-state index contributed by atoms with van der Waals surface area (Å²) in [4.78, 5) is 1.01.